The third kappa shape index (κ3) is 8.01. The van der Waals surface area contributed by atoms with Gasteiger partial charge in [-0.1, -0.05) is 163 Å². The zero-order chi connectivity index (χ0) is 54.4. The van der Waals surface area contributed by atoms with Crippen LogP contribution in [0.1, 0.15) is 257 Å². The summed E-state index contributed by atoms with van der Waals surface area (Å²) in [5, 5.41) is 12.1. The van der Waals surface area contributed by atoms with Crippen molar-refractivity contribution in [3.63, 3.8) is 0 Å². The standard InChI is InChI=1S/C71H104O/c1-32(2)37(10)40(13)45(18)59-57-47(20)42(15)48(21)58(57)60(46(19)41(14)38(11)33(3)4)62-50(23)56(49(22)61(59)62)53-31-54(44(17)43(53)16)65-63-51(24)68(71(28,29)35(7)8)66(55-30-36(9)39(12)69(55)72)64(63)52(25)67(65)70(26,27)34(5)6/h32-35,37-38,40-41,45-47,50,67-68,72H,24-25,30-31H2,1-23,26-29H3. The van der Waals surface area contributed by atoms with Crippen molar-refractivity contribution in [2.75, 3.05) is 0 Å². The Morgan fingerprint density at radius 3 is 1.21 bits per heavy atom. The molecule has 0 radical (unpaired) electrons. The predicted molar refractivity (Wildman–Crippen MR) is 317 cm³/mol. The van der Waals surface area contributed by atoms with Crippen molar-refractivity contribution < 1.29 is 5.11 Å². The molecule has 1 N–H and O–H groups in total. The largest absolute Gasteiger partial charge is 0.507 e. The van der Waals surface area contributed by atoms with Crippen molar-refractivity contribution in [3.05, 3.63) is 136 Å². The first-order chi connectivity index (χ1) is 33.1. The molecule has 10 unspecified atom stereocenters. The Hall–Kier alpha value is -3.58. The summed E-state index contributed by atoms with van der Waals surface area (Å²) in [6, 6.07) is 0. The van der Waals surface area contributed by atoms with Crippen LogP contribution in [0.15, 0.2) is 103 Å². The average Bonchev–Trinajstić information content (AvgIpc) is 4.08. The second-order valence-corrected chi connectivity index (χ2v) is 27.9. The Bertz CT molecular complexity index is 2770. The van der Waals surface area contributed by atoms with E-state index in [4.69, 9.17) is 13.2 Å². The van der Waals surface area contributed by atoms with E-state index in [1.165, 1.54) is 66.9 Å². The maximum absolute atomic E-state index is 12.1. The maximum atomic E-state index is 12.1. The van der Waals surface area contributed by atoms with E-state index in [9.17, 15) is 5.11 Å². The first-order valence-electron chi connectivity index (χ1n) is 29.1. The molecule has 394 valence electrons. The highest BCUT2D eigenvalue weighted by Gasteiger charge is 2.55. The fourth-order valence-electron chi connectivity index (χ4n) is 15.4. The topological polar surface area (TPSA) is 20.2 Å². The second kappa shape index (κ2) is 19.2. The van der Waals surface area contributed by atoms with E-state index in [2.05, 4.69) is 187 Å². The number of aliphatic hydroxyl groups excluding tert-OH is 1. The van der Waals surface area contributed by atoms with E-state index in [1.54, 1.807) is 50.1 Å². The van der Waals surface area contributed by atoms with Gasteiger partial charge < -0.3 is 5.11 Å². The molecule has 0 saturated carbocycles. The molecule has 1 nitrogen and oxygen atoms in total. The second-order valence-electron chi connectivity index (χ2n) is 27.9. The molecule has 0 aromatic heterocycles. The summed E-state index contributed by atoms with van der Waals surface area (Å²) in [6.45, 7) is 76.7. The van der Waals surface area contributed by atoms with Crippen molar-refractivity contribution in [1.82, 2.24) is 0 Å². The van der Waals surface area contributed by atoms with Crippen molar-refractivity contribution >= 4 is 11.1 Å². The number of aliphatic hydroxyl groups is 1. The van der Waals surface area contributed by atoms with E-state index in [0.29, 0.717) is 70.9 Å². The minimum Gasteiger partial charge on any atom is -0.507 e. The highest BCUT2D eigenvalue weighted by molar-refractivity contribution is 5.92. The zero-order valence-electron chi connectivity index (χ0n) is 51.4. The van der Waals surface area contributed by atoms with Gasteiger partial charge in [0.25, 0.3) is 0 Å². The molecule has 0 fully saturated rings. The van der Waals surface area contributed by atoms with Crippen LogP contribution in [0.25, 0.3) is 11.1 Å². The first-order valence-corrected chi connectivity index (χ1v) is 29.1. The molecule has 1 aromatic carbocycles. The van der Waals surface area contributed by atoms with Crippen LogP contribution in [0.3, 0.4) is 0 Å². The Balaban J connectivity index is 1.51. The molecule has 1 heteroatoms. The van der Waals surface area contributed by atoms with Crippen molar-refractivity contribution in [2.45, 2.75) is 223 Å². The summed E-state index contributed by atoms with van der Waals surface area (Å²) in [7, 11) is 0. The number of hydrogen-bond donors (Lipinski definition) is 1. The summed E-state index contributed by atoms with van der Waals surface area (Å²) >= 11 is 0. The number of benzene rings is 1. The molecule has 0 saturated heterocycles. The van der Waals surface area contributed by atoms with Gasteiger partial charge in [0.05, 0.1) is 0 Å². The molecule has 10 atom stereocenters. The molecular weight excluding hydrogens is 869 g/mol. The maximum Gasteiger partial charge on any atom is 0.122 e. The van der Waals surface area contributed by atoms with Crippen molar-refractivity contribution in [2.24, 2.45) is 70.0 Å². The van der Waals surface area contributed by atoms with E-state index < -0.39 is 0 Å². The highest BCUT2D eigenvalue weighted by atomic mass is 16.3. The lowest BCUT2D eigenvalue weighted by Crippen LogP contribution is -2.33. The van der Waals surface area contributed by atoms with E-state index in [0.717, 1.165) is 24.0 Å². The molecule has 7 rings (SSSR count). The Kier molecular flexibility index (Phi) is 15.0. The lowest BCUT2D eigenvalue weighted by molar-refractivity contribution is 0.187. The lowest BCUT2D eigenvalue weighted by atomic mass is 9.62. The van der Waals surface area contributed by atoms with Crippen LogP contribution in [0.2, 0.25) is 0 Å². The van der Waals surface area contributed by atoms with Gasteiger partial charge in [0, 0.05) is 29.2 Å². The van der Waals surface area contributed by atoms with Gasteiger partial charge in [-0.3, -0.25) is 0 Å². The van der Waals surface area contributed by atoms with Crippen LogP contribution in [0, 0.1) is 70.0 Å². The van der Waals surface area contributed by atoms with Gasteiger partial charge in [-0.25, -0.2) is 0 Å². The van der Waals surface area contributed by atoms with E-state index >= 15 is 0 Å². The summed E-state index contributed by atoms with van der Waals surface area (Å²) in [6.07, 6.45) is 1.70. The average molecular weight is 974 g/mol. The van der Waals surface area contributed by atoms with Gasteiger partial charge in [-0.15, -0.1) is 0 Å². The van der Waals surface area contributed by atoms with Crippen molar-refractivity contribution in [1.29, 1.82) is 0 Å². The van der Waals surface area contributed by atoms with Gasteiger partial charge in [0.1, 0.15) is 5.76 Å². The Morgan fingerprint density at radius 2 is 0.833 bits per heavy atom. The Labute approximate surface area is 443 Å². The van der Waals surface area contributed by atoms with E-state index in [-0.39, 0.29) is 28.6 Å². The summed E-state index contributed by atoms with van der Waals surface area (Å²) in [5.41, 5.74) is 33.1. The number of fused-ring (bicyclic) bond motifs is 3. The van der Waals surface area contributed by atoms with Gasteiger partial charge in [0.15, 0.2) is 0 Å². The number of allylic oxidation sites excluding steroid dienone is 17. The normalized spacial score (nSPS) is 25.7. The van der Waals surface area contributed by atoms with Gasteiger partial charge in [-0.2, -0.15) is 0 Å². The monoisotopic (exact) mass is 973 g/mol. The fraction of sp³-hybridized carbons (Fsp3) is 0.634. The number of hydrogen-bond acceptors (Lipinski definition) is 1. The molecule has 72 heavy (non-hydrogen) atoms. The zero-order valence-corrected chi connectivity index (χ0v) is 51.4. The fourth-order valence-corrected chi connectivity index (χ4v) is 15.4. The van der Waals surface area contributed by atoms with Crippen molar-refractivity contribution in [3.8, 4) is 0 Å². The molecule has 6 aliphatic rings. The van der Waals surface area contributed by atoms with Gasteiger partial charge in [-0.05, 0) is 243 Å². The first kappa shape index (κ1) is 56.2. The molecule has 0 aliphatic heterocycles. The molecular formula is C71H104O. The minimum atomic E-state index is -0.100. The van der Waals surface area contributed by atoms with Crippen LogP contribution >= 0.6 is 0 Å². The quantitative estimate of drug-likeness (QED) is 0.186. The van der Waals surface area contributed by atoms with Crippen LogP contribution in [-0.4, -0.2) is 5.11 Å². The summed E-state index contributed by atoms with van der Waals surface area (Å²) < 4.78 is 0. The molecule has 6 aliphatic carbocycles. The smallest absolute Gasteiger partial charge is 0.122 e. The summed E-state index contributed by atoms with van der Waals surface area (Å²) in [5.74, 6) is 6.52. The van der Waals surface area contributed by atoms with Gasteiger partial charge in [0.2, 0.25) is 0 Å². The third-order valence-corrected chi connectivity index (χ3v) is 23.3. The predicted octanol–water partition coefficient (Wildman–Crippen LogP) is 21.5. The van der Waals surface area contributed by atoms with Crippen LogP contribution in [0.5, 0.6) is 0 Å². The van der Waals surface area contributed by atoms with E-state index in [1.807, 2.05) is 0 Å². The SMILES string of the molecule is C=C1C2=C(C3=C(O)C(C)=C(C)C3)C(C(C)(C)C(C)C)C(=C)C2=C(C2=C(C)C(C)=C(C3=C(C)c4c(c(C(C)C(C)C(C)C(C)C)c5c(c4C(C)C(C)C(C)C(C)C)C(C)C(C)=C5C)C3C)C2)C1C(C)(C)C(C)C. The lowest BCUT2D eigenvalue weighted by Gasteiger charge is -2.42. The van der Waals surface area contributed by atoms with Crippen LogP contribution < -0.4 is 0 Å². The van der Waals surface area contributed by atoms with Crippen LogP contribution in [0.4, 0.5) is 0 Å². The molecule has 0 heterocycles. The summed E-state index contributed by atoms with van der Waals surface area (Å²) in [4.78, 5) is 0. The minimum absolute atomic E-state index is 0.0753. The third-order valence-electron chi connectivity index (χ3n) is 23.3. The van der Waals surface area contributed by atoms with Crippen LogP contribution in [-0.2, 0) is 0 Å². The Morgan fingerprint density at radius 1 is 0.458 bits per heavy atom. The molecule has 0 spiro atoms. The number of rotatable bonds is 15. The molecule has 1 aromatic rings. The van der Waals surface area contributed by atoms with Gasteiger partial charge >= 0.3 is 0 Å². The molecule has 0 bridgehead atoms. The molecule has 0 amide bonds. The highest BCUT2D eigenvalue weighted by Crippen LogP contribution is 2.68.